The van der Waals surface area contributed by atoms with Crippen molar-refractivity contribution in [2.45, 2.75) is 32.4 Å². The van der Waals surface area contributed by atoms with Crippen LogP contribution in [0.2, 0.25) is 0 Å². The number of hydrogen-bond donors (Lipinski definition) is 2. The highest BCUT2D eigenvalue weighted by Crippen LogP contribution is 2.26. The van der Waals surface area contributed by atoms with Gasteiger partial charge >= 0.3 is 0 Å². The molecule has 1 heterocycles. The maximum absolute atomic E-state index is 13.4. The number of carbonyl (C=O) groups is 1. The van der Waals surface area contributed by atoms with Gasteiger partial charge in [0.1, 0.15) is 11.6 Å². The van der Waals surface area contributed by atoms with Crippen molar-refractivity contribution in [2.24, 2.45) is 0 Å². The van der Waals surface area contributed by atoms with Crippen LogP contribution in [0.25, 0.3) is 0 Å². The first kappa shape index (κ1) is 15.7. The third kappa shape index (κ3) is 4.99. The summed E-state index contributed by atoms with van der Waals surface area (Å²) in [6.07, 6.45) is 0.219. The summed E-state index contributed by atoms with van der Waals surface area (Å²) in [7, 11) is 0. The second kappa shape index (κ2) is 7.38. The molecule has 6 heteroatoms. The van der Waals surface area contributed by atoms with Crippen molar-refractivity contribution in [3.63, 3.8) is 0 Å². The van der Waals surface area contributed by atoms with Crippen molar-refractivity contribution in [3.8, 4) is 5.75 Å². The van der Waals surface area contributed by atoms with E-state index in [1.54, 1.807) is 0 Å². The monoisotopic (exact) mass is 296 g/mol. The van der Waals surface area contributed by atoms with E-state index in [1.807, 2.05) is 13.8 Å². The average molecular weight is 296 g/mol. The van der Waals surface area contributed by atoms with Crippen LogP contribution in [0.1, 0.15) is 20.3 Å². The zero-order valence-electron chi connectivity index (χ0n) is 12.3. The lowest BCUT2D eigenvalue weighted by Crippen LogP contribution is -2.43. The number of rotatable bonds is 5. The first-order valence-corrected chi connectivity index (χ1v) is 7.12. The second-order valence-electron chi connectivity index (χ2n) is 5.29. The Morgan fingerprint density at radius 2 is 2.38 bits per heavy atom. The lowest BCUT2D eigenvalue weighted by atomic mass is 10.2. The average Bonchev–Trinajstić information content (AvgIpc) is 2.42. The van der Waals surface area contributed by atoms with Crippen molar-refractivity contribution in [2.75, 3.05) is 25.1 Å². The molecule has 0 aromatic heterocycles. The fourth-order valence-corrected chi connectivity index (χ4v) is 2.13. The number of halogens is 1. The molecule has 0 aliphatic carbocycles. The third-order valence-electron chi connectivity index (χ3n) is 3.01. The van der Waals surface area contributed by atoms with E-state index in [2.05, 4.69) is 10.6 Å². The summed E-state index contributed by atoms with van der Waals surface area (Å²) in [5, 5.41) is 5.91. The molecular formula is C15H21FN2O3. The van der Waals surface area contributed by atoms with Gasteiger partial charge in [0.2, 0.25) is 5.91 Å². The van der Waals surface area contributed by atoms with Gasteiger partial charge in [0.15, 0.2) is 0 Å². The van der Waals surface area contributed by atoms with Gasteiger partial charge in [0.05, 0.1) is 25.0 Å². The zero-order chi connectivity index (χ0) is 15.2. The molecule has 1 aromatic rings. The Morgan fingerprint density at radius 3 is 3.05 bits per heavy atom. The van der Waals surface area contributed by atoms with E-state index < -0.39 is 5.82 Å². The highest BCUT2D eigenvalue weighted by atomic mass is 19.1. The Hall–Kier alpha value is -1.66. The molecule has 0 saturated carbocycles. The van der Waals surface area contributed by atoms with Crippen LogP contribution >= 0.6 is 0 Å². The standard InChI is InChI=1S/C15H21FN2O3/c1-10(2)21-14-4-3-11(16)7-13(14)18-15(19)8-12-9-20-6-5-17-12/h3-4,7,10,12,17H,5-6,8-9H2,1-2H3,(H,18,19). The summed E-state index contributed by atoms with van der Waals surface area (Å²) < 4.78 is 24.2. The predicted octanol–water partition coefficient (Wildman–Crippen LogP) is 1.93. The van der Waals surface area contributed by atoms with Gasteiger partial charge in [-0.2, -0.15) is 0 Å². The van der Waals surface area contributed by atoms with Gasteiger partial charge in [-0.3, -0.25) is 4.79 Å². The largest absolute Gasteiger partial charge is 0.489 e. The van der Waals surface area contributed by atoms with E-state index in [-0.39, 0.29) is 24.5 Å². The van der Waals surface area contributed by atoms with E-state index >= 15 is 0 Å². The molecular weight excluding hydrogens is 275 g/mol. The highest BCUT2D eigenvalue weighted by Gasteiger charge is 2.18. The normalized spacial score (nSPS) is 18.6. The van der Waals surface area contributed by atoms with Crippen molar-refractivity contribution in [1.29, 1.82) is 0 Å². The van der Waals surface area contributed by atoms with Gasteiger partial charge in [0.25, 0.3) is 0 Å². The van der Waals surface area contributed by atoms with Crippen LogP contribution in [0.3, 0.4) is 0 Å². The van der Waals surface area contributed by atoms with Crippen molar-refractivity contribution in [3.05, 3.63) is 24.0 Å². The fraction of sp³-hybridized carbons (Fsp3) is 0.533. The first-order chi connectivity index (χ1) is 10.0. The molecule has 1 atom stereocenters. The van der Waals surface area contributed by atoms with Crippen LogP contribution in [0, 0.1) is 5.82 Å². The van der Waals surface area contributed by atoms with Gasteiger partial charge in [-0.25, -0.2) is 4.39 Å². The molecule has 2 N–H and O–H groups in total. The third-order valence-corrected chi connectivity index (χ3v) is 3.01. The van der Waals surface area contributed by atoms with Crippen LogP contribution < -0.4 is 15.4 Å². The Bertz CT molecular complexity index is 488. The van der Waals surface area contributed by atoms with Crippen molar-refractivity contribution < 1.29 is 18.7 Å². The van der Waals surface area contributed by atoms with Gasteiger partial charge in [-0.05, 0) is 26.0 Å². The quantitative estimate of drug-likeness (QED) is 0.871. The minimum Gasteiger partial charge on any atom is -0.489 e. The Labute approximate surface area is 123 Å². The smallest absolute Gasteiger partial charge is 0.226 e. The van der Waals surface area contributed by atoms with Gasteiger partial charge in [-0.1, -0.05) is 0 Å². The topological polar surface area (TPSA) is 59.6 Å². The zero-order valence-corrected chi connectivity index (χ0v) is 12.3. The number of hydrogen-bond acceptors (Lipinski definition) is 4. The summed E-state index contributed by atoms with van der Waals surface area (Å²) in [6, 6.07) is 4.08. The van der Waals surface area contributed by atoms with Gasteiger partial charge in [-0.15, -0.1) is 0 Å². The van der Waals surface area contributed by atoms with E-state index in [4.69, 9.17) is 9.47 Å². The van der Waals surface area contributed by atoms with Gasteiger partial charge < -0.3 is 20.1 Å². The maximum Gasteiger partial charge on any atom is 0.226 e. The van der Waals surface area contributed by atoms with E-state index in [9.17, 15) is 9.18 Å². The number of ether oxygens (including phenoxy) is 2. The molecule has 1 fully saturated rings. The molecule has 1 saturated heterocycles. The van der Waals surface area contributed by atoms with E-state index in [0.29, 0.717) is 24.7 Å². The molecule has 0 bridgehead atoms. The molecule has 1 aliphatic heterocycles. The van der Waals surface area contributed by atoms with Crippen molar-refractivity contribution in [1.82, 2.24) is 5.32 Å². The van der Waals surface area contributed by atoms with Crippen LogP contribution in [0.4, 0.5) is 10.1 Å². The van der Waals surface area contributed by atoms with Crippen LogP contribution in [0.15, 0.2) is 18.2 Å². The highest BCUT2D eigenvalue weighted by molar-refractivity contribution is 5.92. The van der Waals surface area contributed by atoms with Crippen LogP contribution in [-0.2, 0) is 9.53 Å². The van der Waals surface area contributed by atoms with Crippen LogP contribution in [-0.4, -0.2) is 37.8 Å². The van der Waals surface area contributed by atoms with Gasteiger partial charge in [0, 0.05) is 25.1 Å². The molecule has 116 valence electrons. The minimum absolute atomic E-state index is 0.0122. The maximum atomic E-state index is 13.4. The fourth-order valence-electron chi connectivity index (χ4n) is 2.13. The van der Waals surface area contributed by atoms with E-state index in [0.717, 1.165) is 6.54 Å². The second-order valence-corrected chi connectivity index (χ2v) is 5.29. The lowest BCUT2D eigenvalue weighted by molar-refractivity contribution is -0.117. The Kier molecular flexibility index (Phi) is 5.52. The predicted molar refractivity (Wildman–Crippen MR) is 78.0 cm³/mol. The number of morpholine rings is 1. The summed E-state index contributed by atoms with van der Waals surface area (Å²) in [5.41, 5.74) is 0.352. The summed E-state index contributed by atoms with van der Waals surface area (Å²) >= 11 is 0. The number of amides is 1. The summed E-state index contributed by atoms with van der Waals surface area (Å²) in [4.78, 5) is 12.0. The SMILES string of the molecule is CC(C)Oc1ccc(F)cc1NC(=O)CC1COCCN1. The molecule has 0 spiro atoms. The molecule has 21 heavy (non-hydrogen) atoms. The van der Waals surface area contributed by atoms with E-state index in [1.165, 1.54) is 18.2 Å². The Morgan fingerprint density at radius 1 is 1.57 bits per heavy atom. The molecule has 5 nitrogen and oxygen atoms in total. The molecule has 1 aromatic carbocycles. The minimum atomic E-state index is -0.416. The first-order valence-electron chi connectivity index (χ1n) is 7.12. The molecule has 1 amide bonds. The number of anilines is 1. The van der Waals surface area contributed by atoms with Crippen molar-refractivity contribution >= 4 is 11.6 Å². The molecule has 1 unspecified atom stereocenters. The lowest BCUT2D eigenvalue weighted by Gasteiger charge is -2.23. The summed E-state index contributed by atoms with van der Waals surface area (Å²) in [6.45, 7) is 5.65. The molecule has 2 rings (SSSR count). The van der Waals surface area contributed by atoms with Crippen LogP contribution in [0.5, 0.6) is 5.75 Å². The molecule has 1 aliphatic rings. The summed E-state index contributed by atoms with van der Waals surface area (Å²) in [5.74, 6) is -0.148. The molecule has 0 radical (unpaired) electrons. The number of benzene rings is 1. The number of carbonyl (C=O) groups excluding carboxylic acids is 1. The Balaban J connectivity index is 1.99. The number of nitrogens with one attached hydrogen (secondary N) is 2.